The molecule has 2 amide bonds. The van der Waals surface area contributed by atoms with Crippen molar-refractivity contribution in [2.45, 2.75) is 46.1 Å². The molecule has 34 heavy (non-hydrogen) atoms. The van der Waals surface area contributed by atoms with Crippen LogP contribution in [0.1, 0.15) is 37.8 Å². The number of hydrogen-bond donors (Lipinski definition) is 1. The summed E-state index contributed by atoms with van der Waals surface area (Å²) in [5.74, 6) is -0.642. The fraction of sp³-hybridized carbons (Fsp3) is 0.440. The molecule has 0 aliphatic carbocycles. The van der Waals surface area contributed by atoms with Crippen molar-refractivity contribution in [1.29, 1.82) is 0 Å². The maximum absolute atomic E-state index is 13.6. The summed E-state index contributed by atoms with van der Waals surface area (Å²) in [6, 6.07) is 14.2. The third kappa shape index (κ3) is 7.84. The number of rotatable bonds is 12. The number of nitrogens with one attached hydrogen (secondary N) is 1. The van der Waals surface area contributed by atoms with E-state index >= 15 is 0 Å². The van der Waals surface area contributed by atoms with Crippen molar-refractivity contribution in [3.63, 3.8) is 0 Å². The molecule has 0 saturated heterocycles. The normalized spacial score (nSPS) is 12.1. The Hall–Kier alpha value is -2.39. The van der Waals surface area contributed by atoms with Crippen molar-refractivity contribution < 1.29 is 18.0 Å². The number of carbonyl (C=O) groups excluding carboxylic acids is 2. The van der Waals surface area contributed by atoms with Crippen LogP contribution in [-0.2, 0) is 26.0 Å². The molecule has 2 aromatic rings. The molecule has 0 radical (unpaired) electrons. The van der Waals surface area contributed by atoms with Crippen LogP contribution in [0.15, 0.2) is 53.0 Å². The summed E-state index contributed by atoms with van der Waals surface area (Å²) < 4.78 is 27.2. The predicted octanol–water partition coefficient (Wildman–Crippen LogP) is 3.90. The maximum atomic E-state index is 13.6. The van der Waals surface area contributed by atoms with Gasteiger partial charge in [0.2, 0.25) is 21.8 Å². The summed E-state index contributed by atoms with van der Waals surface area (Å²) in [5, 5.41) is 2.88. The molecule has 2 rings (SSSR count). The fourth-order valence-electron chi connectivity index (χ4n) is 3.66. The van der Waals surface area contributed by atoms with Crippen molar-refractivity contribution in [1.82, 2.24) is 10.2 Å². The number of benzene rings is 2. The number of aryl methyl sites for hydroxylation is 1. The molecule has 1 N–H and O–H groups in total. The molecule has 2 aromatic carbocycles. The number of halogens is 1. The van der Waals surface area contributed by atoms with Gasteiger partial charge in [0.15, 0.2) is 0 Å². The summed E-state index contributed by atoms with van der Waals surface area (Å²) in [6.07, 6.45) is 2.84. The van der Waals surface area contributed by atoms with Gasteiger partial charge in [0.05, 0.1) is 11.9 Å². The van der Waals surface area contributed by atoms with Gasteiger partial charge in [0.25, 0.3) is 0 Å². The molecule has 1 unspecified atom stereocenters. The van der Waals surface area contributed by atoms with Gasteiger partial charge < -0.3 is 10.2 Å². The zero-order valence-electron chi connectivity index (χ0n) is 20.3. The summed E-state index contributed by atoms with van der Waals surface area (Å²) in [7, 11) is -3.74. The molecule has 0 heterocycles. The summed E-state index contributed by atoms with van der Waals surface area (Å²) in [5.41, 5.74) is 2.29. The average Bonchev–Trinajstić information content (AvgIpc) is 2.80. The highest BCUT2D eigenvalue weighted by Crippen LogP contribution is 2.25. The second kappa shape index (κ2) is 12.9. The first-order chi connectivity index (χ1) is 16.1. The first-order valence-corrected chi connectivity index (χ1v) is 14.1. The zero-order valence-corrected chi connectivity index (χ0v) is 22.7. The van der Waals surface area contributed by atoms with E-state index in [1.54, 1.807) is 18.2 Å². The van der Waals surface area contributed by atoms with E-state index in [1.165, 1.54) is 4.90 Å². The average molecular weight is 553 g/mol. The van der Waals surface area contributed by atoms with Gasteiger partial charge in [0.1, 0.15) is 12.6 Å². The summed E-state index contributed by atoms with van der Waals surface area (Å²) >= 11 is 3.42. The quantitative estimate of drug-likeness (QED) is 0.433. The van der Waals surface area contributed by atoms with E-state index in [1.807, 2.05) is 51.1 Å². The lowest BCUT2D eigenvalue weighted by Crippen LogP contribution is -2.53. The minimum Gasteiger partial charge on any atom is -0.354 e. The van der Waals surface area contributed by atoms with E-state index < -0.39 is 22.0 Å². The van der Waals surface area contributed by atoms with Gasteiger partial charge in [-0.05, 0) is 55.5 Å². The molecule has 0 spiro atoms. The first kappa shape index (κ1) is 27.9. The minimum absolute atomic E-state index is 0.226. The van der Waals surface area contributed by atoms with Gasteiger partial charge in [-0.1, -0.05) is 60.1 Å². The van der Waals surface area contributed by atoms with Crippen molar-refractivity contribution in [2.75, 3.05) is 30.2 Å². The molecular formula is C25H34BrN3O4S. The minimum atomic E-state index is -3.74. The number of amides is 2. The molecule has 0 aliphatic heterocycles. The Bertz CT molecular complexity index is 1080. The summed E-state index contributed by atoms with van der Waals surface area (Å²) in [6.45, 7) is 6.11. The van der Waals surface area contributed by atoms with E-state index in [0.29, 0.717) is 31.6 Å². The van der Waals surface area contributed by atoms with Crippen molar-refractivity contribution >= 4 is 43.5 Å². The van der Waals surface area contributed by atoms with Crippen LogP contribution in [-0.4, -0.2) is 57.1 Å². The van der Waals surface area contributed by atoms with Gasteiger partial charge in [0, 0.05) is 17.6 Å². The third-order valence-electron chi connectivity index (χ3n) is 5.53. The molecule has 0 fully saturated rings. The topological polar surface area (TPSA) is 86.8 Å². The zero-order chi connectivity index (χ0) is 25.3. The largest absolute Gasteiger partial charge is 0.354 e. The Balaban J connectivity index is 2.36. The lowest BCUT2D eigenvalue weighted by atomic mass is 10.1. The second-order valence-corrected chi connectivity index (χ2v) is 11.0. The Morgan fingerprint density at radius 1 is 1.09 bits per heavy atom. The number of carbonyl (C=O) groups is 2. The molecule has 0 aliphatic rings. The number of anilines is 1. The van der Waals surface area contributed by atoms with E-state index in [4.69, 9.17) is 0 Å². The smallest absolute Gasteiger partial charge is 0.244 e. The molecule has 9 heteroatoms. The van der Waals surface area contributed by atoms with E-state index in [9.17, 15) is 18.0 Å². The van der Waals surface area contributed by atoms with Crippen LogP contribution in [0.3, 0.4) is 0 Å². The van der Waals surface area contributed by atoms with Gasteiger partial charge in [-0.15, -0.1) is 0 Å². The highest BCUT2D eigenvalue weighted by molar-refractivity contribution is 9.10. The Morgan fingerprint density at radius 3 is 2.32 bits per heavy atom. The predicted molar refractivity (Wildman–Crippen MR) is 140 cm³/mol. The molecule has 7 nitrogen and oxygen atoms in total. The maximum Gasteiger partial charge on any atom is 0.244 e. The van der Waals surface area contributed by atoms with Crippen LogP contribution in [0.4, 0.5) is 5.69 Å². The third-order valence-corrected chi connectivity index (χ3v) is 7.56. The Kier molecular flexibility index (Phi) is 10.6. The number of hydrogen-bond acceptors (Lipinski definition) is 4. The van der Waals surface area contributed by atoms with Crippen LogP contribution < -0.4 is 9.62 Å². The molecule has 0 aromatic heterocycles. The Labute approximate surface area is 211 Å². The molecule has 1 atom stereocenters. The monoisotopic (exact) mass is 551 g/mol. The van der Waals surface area contributed by atoms with Gasteiger partial charge in [-0.3, -0.25) is 13.9 Å². The molecule has 0 bridgehead atoms. The molecule has 186 valence electrons. The van der Waals surface area contributed by atoms with Crippen LogP contribution >= 0.6 is 15.9 Å². The van der Waals surface area contributed by atoms with E-state index in [-0.39, 0.29) is 12.5 Å². The van der Waals surface area contributed by atoms with Crippen LogP contribution in [0.2, 0.25) is 0 Å². The lowest BCUT2D eigenvalue weighted by Gasteiger charge is -2.33. The van der Waals surface area contributed by atoms with Gasteiger partial charge in [-0.2, -0.15) is 0 Å². The van der Waals surface area contributed by atoms with Crippen molar-refractivity contribution in [3.8, 4) is 0 Å². The molecular weight excluding hydrogens is 518 g/mol. The fourth-order valence-corrected chi connectivity index (χ4v) is 4.75. The molecule has 0 saturated carbocycles. The number of sulfonamides is 1. The highest BCUT2D eigenvalue weighted by atomic mass is 79.9. The van der Waals surface area contributed by atoms with Crippen molar-refractivity contribution in [3.05, 3.63) is 64.1 Å². The number of nitrogens with zero attached hydrogens (tertiary/aromatic N) is 2. The standard InChI is InChI=1S/C25H34BrN3O4S/c1-5-15-27-25(31)23(6-2)28(16-14-20-10-8-7-9-11-20)24(30)18-29(34(4,32)33)21-12-13-22(26)19(3)17-21/h7-13,17,23H,5-6,14-16,18H2,1-4H3,(H,27,31). The van der Waals surface area contributed by atoms with Gasteiger partial charge in [-0.25, -0.2) is 8.42 Å². The highest BCUT2D eigenvalue weighted by Gasteiger charge is 2.31. The second-order valence-electron chi connectivity index (χ2n) is 8.24. The van der Waals surface area contributed by atoms with Crippen LogP contribution in [0.5, 0.6) is 0 Å². The van der Waals surface area contributed by atoms with Crippen LogP contribution in [0, 0.1) is 6.92 Å². The first-order valence-electron chi connectivity index (χ1n) is 11.4. The summed E-state index contributed by atoms with van der Waals surface area (Å²) in [4.78, 5) is 28.0. The van der Waals surface area contributed by atoms with Gasteiger partial charge >= 0.3 is 0 Å². The van der Waals surface area contributed by atoms with Crippen molar-refractivity contribution in [2.24, 2.45) is 0 Å². The van der Waals surface area contributed by atoms with E-state index in [2.05, 4.69) is 21.2 Å². The lowest BCUT2D eigenvalue weighted by molar-refractivity contribution is -0.139. The Morgan fingerprint density at radius 2 is 1.76 bits per heavy atom. The SMILES string of the molecule is CCCNC(=O)C(CC)N(CCc1ccccc1)C(=O)CN(c1ccc(Br)c(C)c1)S(C)(=O)=O. The van der Waals surface area contributed by atoms with Crippen LogP contribution in [0.25, 0.3) is 0 Å². The van der Waals surface area contributed by atoms with E-state index in [0.717, 1.165) is 32.6 Å².